The molecule has 0 aliphatic heterocycles. The van der Waals surface area contributed by atoms with Crippen LogP contribution in [0.25, 0.3) is 0 Å². The molecule has 3 N–H and O–H groups in total. The van der Waals surface area contributed by atoms with E-state index < -0.39 is 5.54 Å². The van der Waals surface area contributed by atoms with Crippen LogP contribution in [0.1, 0.15) is 47.0 Å². The summed E-state index contributed by atoms with van der Waals surface area (Å²) in [5.74, 6) is 0.784. The molecule has 0 aromatic carbocycles. The van der Waals surface area contributed by atoms with Gasteiger partial charge in [0.25, 0.3) is 0 Å². The maximum absolute atomic E-state index is 9.45. The van der Waals surface area contributed by atoms with Crippen LogP contribution in [-0.2, 0) is 0 Å². The quantitative estimate of drug-likeness (QED) is 0.700. The lowest BCUT2D eigenvalue weighted by Crippen LogP contribution is -2.61. The summed E-state index contributed by atoms with van der Waals surface area (Å²) >= 11 is 0. The van der Waals surface area contributed by atoms with Crippen LogP contribution in [0.2, 0.25) is 0 Å². The van der Waals surface area contributed by atoms with Crippen molar-refractivity contribution in [2.45, 2.75) is 58.5 Å². The molecule has 2 aliphatic carbocycles. The van der Waals surface area contributed by atoms with E-state index in [9.17, 15) is 10.2 Å². The zero-order chi connectivity index (χ0) is 12.9. The molecule has 0 aromatic heterocycles. The molecule has 0 heterocycles. The summed E-state index contributed by atoms with van der Waals surface area (Å²) in [7, 11) is 0. The van der Waals surface area contributed by atoms with Crippen molar-refractivity contribution in [3.63, 3.8) is 0 Å². The number of fused-ring (bicyclic) bond motifs is 2. The third-order valence-corrected chi connectivity index (χ3v) is 5.46. The van der Waals surface area contributed by atoms with Gasteiger partial charge in [-0.25, -0.2) is 0 Å². The minimum absolute atomic E-state index is 0.0170. The normalized spacial score (nSPS) is 39.9. The molecular weight excluding hydrogens is 214 g/mol. The van der Waals surface area contributed by atoms with Crippen LogP contribution in [0, 0.1) is 16.7 Å². The number of aliphatic hydroxyl groups excluding tert-OH is 2. The fourth-order valence-electron chi connectivity index (χ4n) is 4.15. The lowest BCUT2D eigenvalue weighted by atomic mass is 9.67. The topological polar surface area (TPSA) is 52.5 Å². The molecule has 2 aliphatic rings. The number of hydrogen-bond acceptors (Lipinski definition) is 3. The molecule has 100 valence electrons. The number of hydrogen-bond donors (Lipinski definition) is 3. The van der Waals surface area contributed by atoms with Crippen LogP contribution in [-0.4, -0.2) is 35.0 Å². The molecule has 2 rings (SSSR count). The second-order valence-corrected chi connectivity index (χ2v) is 7.37. The smallest absolute Gasteiger partial charge is 0.0633 e. The van der Waals surface area contributed by atoms with E-state index in [0.29, 0.717) is 11.5 Å². The molecule has 2 fully saturated rings. The number of nitrogens with one attached hydrogen (secondary N) is 1. The van der Waals surface area contributed by atoms with Gasteiger partial charge in [-0.2, -0.15) is 0 Å². The van der Waals surface area contributed by atoms with Crippen molar-refractivity contribution in [2.24, 2.45) is 16.7 Å². The van der Waals surface area contributed by atoms with Crippen LogP contribution in [0.3, 0.4) is 0 Å². The first-order valence-electron chi connectivity index (χ1n) is 6.77. The highest BCUT2D eigenvalue weighted by atomic mass is 16.3. The highest BCUT2D eigenvalue weighted by Crippen LogP contribution is 2.62. The summed E-state index contributed by atoms with van der Waals surface area (Å²) in [6.45, 7) is 8.88. The Bertz CT molecular complexity index is 294. The molecule has 1 unspecified atom stereocenters. The summed E-state index contributed by atoms with van der Waals surface area (Å²) in [6.07, 6.45) is 3.88. The maximum atomic E-state index is 9.45. The largest absolute Gasteiger partial charge is 0.394 e. The second-order valence-electron chi connectivity index (χ2n) is 7.37. The van der Waals surface area contributed by atoms with Gasteiger partial charge in [-0.3, -0.25) is 0 Å². The Morgan fingerprint density at radius 2 is 1.82 bits per heavy atom. The first-order valence-corrected chi connectivity index (χ1v) is 6.77. The highest BCUT2D eigenvalue weighted by Gasteiger charge is 2.60. The Labute approximate surface area is 105 Å². The van der Waals surface area contributed by atoms with E-state index in [1.54, 1.807) is 0 Å². The predicted octanol–water partition coefficient (Wildman–Crippen LogP) is 1.53. The van der Waals surface area contributed by atoms with Crippen molar-refractivity contribution in [2.75, 3.05) is 13.2 Å². The molecular formula is C14H27NO2. The Morgan fingerprint density at radius 1 is 1.24 bits per heavy atom. The minimum Gasteiger partial charge on any atom is -0.394 e. The third kappa shape index (κ3) is 1.92. The molecule has 0 spiro atoms. The van der Waals surface area contributed by atoms with Crippen molar-refractivity contribution in [1.29, 1.82) is 0 Å². The van der Waals surface area contributed by atoms with Gasteiger partial charge in [-0.05, 0) is 42.9 Å². The summed E-state index contributed by atoms with van der Waals surface area (Å²) in [5.41, 5.74) is 0.0355. The van der Waals surface area contributed by atoms with E-state index in [1.807, 2.05) is 6.92 Å². The van der Waals surface area contributed by atoms with Crippen LogP contribution in [0.15, 0.2) is 0 Å². The SMILES string of the molecule is CC(CO)(CO)NC1C(C)(C)[C@H]2CC[C@]1(C)C2. The van der Waals surface area contributed by atoms with Crippen molar-refractivity contribution < 1.29 is 10.2 Å². The highest BCUT2D eigenvalue weighted by molar-refractivity contribution is 5.13. The maximum Gasteiger partial charge on any atom is 0.0633 e. The molecule has 3 nitrogen and oxygen atoms in total. The fraction of sp³-hybridized carbons (Fsp3) is 1.00. The van der Waals surface area contributed by atoms with Crippen LogP contribution in [0.5, 0.6) is 0 Å². The van der Waals surface area contributed by atoms with Crippen LogP contribution in [0.4, 0.5) is 0 Å². The molecule has 0 radical (unpaired) electrons. The first-order chi connectivity index (χ1) is 7.77. The van der Waals surface area contributed by atoms with E-state index in [0.717, 1.165) is 5.92 Å². The first kappa shape index (κ1) is 13.3. The summed E-state index contributed by atoms with van der Waals surface area (Å²) in [4.78, 5) is 0. The van der Waals surface area contributed by atoms with Crippen molar-refractivity contribution >= 4 is 0 Å². The Morgan fingerprint density at radius 3 is 2.24 bits per heavy atom. The molecule has 0 saturated heterocycles. The second kappa shape index (κ2) is 3.94. The zero-order valence-corrected chi connectivity index (χ0v) is 11.6. The van der Waals surface area contributed by atoms with Crippen LogP contribution >= 0.6 is 0 Å². The molecule has 2 saturated carbocycles. The molecule has 0 amide bonds. The van der Waals surface area contributed by atoms with E-state index in [1.165, 1.54) is 19.3 Å². The van der Waals surface area contributed by atoms with E-state index in [-0.39, 0.29) is 18.6 Å². The van der Waals surface area contributed by atoms with Gasteiger partial charge in [0.2, 0.25) is 0 Å². The van der Waals surface area contributed by atoms with E-state index in [4.69, 9.17) is 0 Å². The number of aliphatic hydroxyl groups is 2. The Hall–Kier alpha value is -0.120. The Balaban J connectivity index is 2.20. The summed E-state index contributed by atoms with van der Waals surface area (Å²) in [5, 5.41) is 22.4. The van der Waals surface area contributed by atoms with Gasteiger partial charge in [0, 0.05) is 6.04 Å². The van der Waals surface area contributed by atoms with E-state index >= 15 is 0 Å². The van der Waals surface area contributed by atoms with Gasteiger partial charge >= 0.3 is 0 Å². The lowest BCUT2D eigenvalue weighted by molar-refractivity contribution is 0.0325. The molecule has 3 atom stereocenters. The van der Waals surface area contributed by atoms with Crippen LogP contribution < -0.4 is 5.32 Å². The summed E-state index contributed by atoms with van der Waals surface area (Å²) in [6, 6.07) is 0.387. The van der Waals surface area contributed by atoms with Gasteiger partial charge in [0.05, 0.1) is 18.8 Å². The zero-order valence-electron chi connectivity index (χ0n) is 11.6. The Kier molecular flexibility index (Phi) is 3.08. The lowest BCUT2D eigenvalue weighted by Gasteiger charge is -2.47. The minimum atomic E-state index is -0.560. The molecule has 2 bridgehead atoms. The van der Waals surface area contributed by atoms with Gasteiger partial charge in [0.1, 0.15) is 0 Å². The third-order valence-electron chi connectivity index (χ3n) is 5.46. The predicted molar refractivity (Wildman–Crippen MR) is 68.7 cm³/mol. The van der Waals surface area contributed by atoms with E-state index in [2.05, 4.69) is 26.1 Å². The number of rotatable bonds is 4. The molecule has 3 heteroatoms. The fourth-order valence-corrected chi connectivity index (χ4v) is 4.15. The van der Waals surface area contributed by atoms with Crippen molar-refractivity contribution in [3.8, 4) is 0 Å². The van der Waals surface area contributed by atoms with Gasteiger partial charge < -0.3 is 15.5 Å². The monoisotopic (exact) mass is 241 g/mol. The van der Waals surface area contributed by atoms with Crippen molar-refractivity contribution in [1.82, 2.24) is 5.32 Å². The average molecular weight is 241 g/mol. The van der Waals surface area contributed by atoms with Gasteiger partial charge in [-0.1, -0.05) is 20.8 Å². The average Bonchev–Trinajstić information content (AvgIpc) is 2.75. The van der Waals surface area contributed by atoms with Gasteiger partial charge in [0.15, 0.2) is 0 Å². The molecule has 17 heavy (non-hydrogen) atoms. The van der Waals surface area contributed by atoms with Gasteiger partial charge in [-0.15, -0.1) is 0 Å². The standard InChI is InChI=1S/C14H27NO2/c1-12(2)10-5-6-13(3,7-10)11(12)15-14(4,8-16)9-17/h10-11,15-17H,5-9H2,1-4H3/t10-,11?,13+/m0/s1. The summed E-state index contributed by atoms with van der Waals surface area (Å²) < 4.78 is 0. The van der Waals surface area contributed by atoms with Crippen molar-refractivity contribution in [3.05, 3.63) is 0 Å². The molecule has 0 aromatic rings.